The predicted molar refractivity (Wildman–Crippen MR) is 140 cm³/mol. The van der Waals surface area contributed by atoms with Crippen LogP contribution in [0.15, 0.2) is 58.4 Å². The van der Waals surface area contributed by atoms with Crippen molar-refractivity contribution in [3.8, 4) is 0 Å². The molecule has 0 bridgehead atoms. The van der Waals surface area contributed by atoms with Crippen LogP contribution in [0.2, 0.25) is 0 Å². The fourth-order valence-electron chi connectivity index (χ4n) is 3.07. The molecule has 0 radical (unpaired) electrons. The maximum Gasteiger partial charge on any atom is 0.238 e. The van der Waals surface area contributed by atoms with Gasteiger partial charge < -0.3 is 10.6 Å². The summed E-state index contributed by atoms with van der Waals surface area (Å²) in [5, 5.41) is 11.8. The Morgan fingerprint density at radius 2 is 1.55 bits per heavy atom. The molecule has 4 N–H and O–H groups in total. The van der Waals surface area contributed by atoms with Gasteiger partial charge >= 0.3 is 0 Å². The molecule has 6 nitrogen and oxygen atoms in total. The number of rotatable bonds is 9. The van der Waals surface area contributed by atoms with Crippen LogP contribution in [0.3, 0.4) is 0 Å². The summed E-state index contributed by atoms with van der Waals surface area (Å²) >= 11 is 0. The molecular formula is C23H35IN4O2S. The molecule has 0 amide bonds. The second-order valence-corrected chi connectivity index (χ2v) is 9.56. The van der Waals surface area contributed by atoms with E-state index < -0.39 is 10.0 Å². The van der Waals surface area contributed by atoms with Crippen molar-refractivity contribution in [3.05, 3.63) is 65.2 Å². The minimum absolute atomic E-state index is 0. The van der Waals surface area contributed by atoms with E-state index in [-0.39, 0.29) is 34.3 Å². The van der Waals surface area contributed by atoms with E-state index in [1.807, 2.05) is 6.92 Å². The van der Waals surface area contributed by atoms with Gasteiger partial charge in [0.25, 0.3) is 0 Å². The van der Waals surface area contributed by atoms with Gasteiger partial charge in [-0.3, -0.25) is 4.99 Å². The molecule has 0 saturated carbocycles. The maximum absolute atomic E-state index is 11.3. The number of benzene rings is 2. The molecule has 0 aliphatic rings. The van der Waals surface area contributed by atoms with Crippen molar-refractivity contribution in [1.82, 2.24) is 10.6 Å². The smallest absolute Gasteiger partial charge is 0.238 e. The number of hydrogen-bond acceptors (Lipinski definition) is 3. The Labute approximate surface area is 204 Å². The number of halogens is 1. The lowest BCUT2D eigenvalue weighted by molar-refractivity contribution is 0.537. The van der Waals surface area contributed by atoms with Crippen LogP contribution in [0.25, 0.3) is 0 Å². The molecule has 2 aromatic carbocycles. The molecule has 2 rings (SSSR count). The molecule has 0 spiro atoms. The number of hydrogen-bond donors (Lipinski definition) is 3. The molecule has 0 atom stereocenters. The van der Waals surface area contributed by atoms with Crippen molar-refractivity contribution in [1.29, 1.82) is 0 Å². The highest BCUT2D eigenvalue weighted by atomic mass is 127. The number of aryl methyl sites for hydroxylation is 1. The van der Waals surface area contributed by atoms with Crippen LogP contribution in [0.5, 0.6) is 0 Å². The van der Waals surface area contributed by atoms with E-state index in [0.717, 1.165) is 30.9 Å². The van der Waals surface area contributed by atoms with Crippen LogP contribution in [-0.2, 0) is 28.3 Å². The van der Waals surface area contributed by atoms with E-state index in [0.29, 0.717) is 13.1 Å². The first kappa shape index (κ1) is 27.4. The van der Waals surface area contributed by atoms with Crippen LogP contribution < -0.4 is 15.8 Å². The van der Waals surface area contributed by atoms with Crippen LogP contribution in [-0.4, -0.2) is 34.0 Å². The quantitative estimate of drug-likeness (QED) is 0.249. The summed E-state index contributed by atoms with van der Waals surface area (Å²) in [7, 11) is -3.65. The summed E-state index contributed by atoms with van der Waals surface area (Å²) in [6.45, 7) is 10.7. The molecular weight excluding hydrogens is 523 g/mol. The average molecular weight is 559 g/mol. The number of guanidine groups is 1. The number of aliphatic imine (C=N–C) groups is 1. The van der Waals surface area contributed by atoms with Crippen molar-refractivity contribution in [3.63, 3.8) is 0 Å². The lowest BCUT2D eigenvalue weighted by atomic mass is 9.84. The third-order valence-corrected chi connectivity index (χ3v) is 6.01. The summed E-state index contributed by atoms with van der Waals surface area (Å²) in [4.78, 5) is 4.91. The van der Waals surface area contributed by atoms with Gasteiger partial charge in [-0.25, -0.2) is 13.6 Å². The zero-order valence-corrected chi connectivity index (χ0v) is 22.0. The fourth-order valence-corrected chi connectivity index (χ4v) is 3.59. The summed E-state index contributed by atoms with van der Waals surface area (Å²) < 4.78 is 22.7. The van der Waals surface area contributed by atoms with Crippen LogP contribution in [0, 0.1) is 0 Å². The van der Waals surface area contributed by atoms with Crippen molar-refractivity contribution in [2.45, 2.75) is 50.8 Å². The molecule has 0 fully saturated rings. The Morgan fingerprint density at radius 1 is 0.968 bits per heavy atom. The Hall–Kier alpha value is -1.65. The highest BCUT2D eigenvalue weighted by molar-refractivity contribution is 14.0. The van der Waals surface area contributed by atoms with E-state index in [4.69, 9.17) is 10.1 Å². The molecule has 172 valence electrons. The van der Waals surface area contributed by atoms with Gasteiger partial charge in [-0.15, -0.1) is 24.0 Å². The van der Waals surface area contributed by atoms with Crippen molar-refractivity contribution >= 4 is 40.0 Å². The largest absolute Gasteiger partial charge is 0.357 e. The van der Waals surface area contributed by atoms with Crippen LogP contribution in [0.4, 0.5) is 0 Å². The summed E-state index contributed by atoms with van der Waals surface area (Å²) in [6.07, 6.45) is 1.79. The zero-order valence-electron chi connectivity index (χ0n) is 18.8. The van der Waals surface area contributed by atoms with Crippen LogP contribution >= 0.6 is 24.0 Å². The van der Waals surface area contributed by atoms with Crippen molar-refractivity contribution in [2.24, 2.45) is 10.1 Å². The lowest BCUT2D eigenvalue weighted by Crippen LogP contribution is -2.39. The molecule has 2 aromatic rings. The monoisotopic (exact) mass is 558 g/mol. The number of nitrogens with one attached hydrogen (secondary N) is 2. The highest BCUT2D eigenvalue weighted by Crippen LogP contribution is 2.24. The molecule has 0 aromatic heterocycles. The van der Waals surface area contributed by atoms with Gasteiger partial charge in [0.1, 0.15) is 0 Å². The molecule has 0 unspecified atom stereocenters. The SMILES string of the molecule is CCNC(=NCC(C)(C)c1ccc(CC)cc1)NCCc1ccc(S(N)(=O)=O)cc1.I. The minimum atomic E-state index is -3.65. The van der Waals surface area contributed by atoms with Gasteiger partial charge in [0.15, 0.2) is 5.96 Å². The van der Waals surface area contributed by atoms with E-state index >= 15 is 0 Å². The second kappa shape index (κ2) is 12.4. The summed E-state index contributed by atoms with van der Waals surface area (Å²) in [5.41, 5.74) is 3.57. The maximum atomic E-state index is 11.3. The molecule has 31 heavy (non-hydrogen) atoms. The molecule has 0 aliphatic carbocycles. The predicted octanol–water partition coefficient (Wildman–Crippen LogP) is 3.59. The molecule has 0 saturated heterocycles. The van der Waals surface area contributed by atoms with Gasteiger partial charge in [0.05, 0.1) is 11.4 Å². The van der Waals surface area contributed by atoms with E-state index in [9.17, 15) is 8.42 Å². The lowest BCUT2D eigenvalue weighted by Gasteiger charge is -2.24. The summed E-state index contributed by atoms with van der Waals surface area (Å²) in [6, 6.07) is 15.4. The number of sulfonamides is 1. The third kappa shape index (κ3) is 8.78. The highest BCUT2D eigenvalue weighted by Gasteiger charge is 2.20. The van der Waals surface area contributed by atoms with Crippen molar-refractivity contribution < 1.29 is 8.42 Å². The number of primary sulfonamides is 1. The Morgan fingerprint density at radius 3 is 2.06 bits per heavy atom. The number of nitrogens with zero attached hydrogens (tertiary/aromatic N) is 1. The van der Waals surface area contributed by atoms with Gasteiger partial charge in [-0.1, -0.05) is 57.2 Å². The fraction of sp³-hybridized carbons (Fsp3) is 0.435. The van der Waals surface area contributed by atoms with Gasteiger partial charge in [0.2, 0.25) is 10.0 Å². The van der Waals surface area contributed by atoms with E-state index in [2.05, 4.69) is 55.7 Å². The first-order chi connectivity index (χ1) is 14.2. The van der Waals surface area contributed by atoms with Crippen LogP contribution in [0.1, 0.15) is 44.4 Å². The second-order valence-electron chi connectivity index (χ2n) is 8.00. The first-order valence-electron chi connectivity index (χ1n) is 10.4. The molecule has 0 heterocycles. The summed E-state index contributed by atoms with van der Waals surface area (Å²) in [5.74, 6) is 0.775. The normalized spacial score (nSPS) is 12.2. The standard InChI is InChI=1S/C23H34N4O2S.HI/c1-5-18-7-11-20(12-8-18)23(3,4)17-27-22(25-6-2)26-16-15-19-9-13-21(14-10-19)30(24,28)29;/h7-14H,5-6,15-17H2,1-4H3,(H2,24,28,29)(H2,25,26,27);1H. The Balaban J connectivity index is 0.00000480. The molecule has 0 aliphatic heterocycles. The van der Waals surface area contributed by atoms with E-state index in [1.54, 1.807) is 12.1 Å². The third-order valence-electron chi connectivity index (χ3n) is 5.08. The average Bonchev–Trinajstić information content (AvgIpc) is 2.72. The van der Waals surface area contributed by atoms with E-state index in [1.165, 1.54) is 23.3 Å². The zero-order chi connectivity index (χ0) is 22.2. The number of nitrogens with two attached hydrogens (primary N) is 1. The first-order valence-corrected chi connectivity index (χ1v) is 11.9. The Bertz CT molecular complexity index is 941. The topological polar surface area (TPSA) is 96.6 Å². The Kier molecular flexibility index (Phi) is 11.0. The van der Waals surface area contributed by atoms with Gasteiger partial charge in [0, 0.05) is 18.5 Å². The van der Waals surface area contributed by atoms with Crippen molar-refractivity contribution in [2.75, 3.05) is 19.6 Å². The minimum Gasteiger partial charge on any atom is -0.357 e. The van der Waals surface area contributed by atoms with Gasteiger partial charge in [-0.05, 0) is 48.6 Å². The van der Waals surface area contributed by atoms with Gasteiger partial charge in [-0.2, -0.15) is 0 Å². The molecule has 8 heteroatoms.